The van der Waals surface area contributed by atoms with Crippen LogP contribution in [-0.2, 0) is 19.9 Å². The summed E-state index contributed by atoms with van der Waals surface area (Å²) in [5, 5.41) is 0. The van der Waals surface area contributed by atoms with Crippen molar-refractivity contribution in [1.82, 2.24) is 4.31 Å². The van der Waals surface area contributed by atoms with E-state index in [9.17, 15) is 16.8 Å². The largest absolute Gasteiger partial charge is 0.243 e. The van der Waals surface area contributed by atoms with E-state index in [-0.39, 0.29) is 22.4 Å². The van der Waals surface area contributed by atoms with Crippen molar-refractivity contribution in [2.24, 2.45) is 0 Å². The predicted octanol–water partition coefficient (Wildman–Crippen LogP) is 1.34. The third-order valence-electron chi connectivity index (χ3n) is 4.07. The highest BCUT2D eigenvalue weighted by Crippen LogP contribution is 2.36. The van der Waals surface area contributed by atoms with Crippen molar-refractivity contribution >= 4 is 19.9 Å². The van der Waals surface area contributed by atoms with Gasteiger partial charge in [-0.3, -0.25) is 0 Å². The van der Waals surface area contributed by atoms with E-state index in [1.807, 2.05) is 6.92 Å². The molecular weight excluding hydrogens is 310 g/mol. The third-order valence-corrected chi connectivity index (χ3v) is 7.84. The smallest absolute Gasteiger partial charge is 0.229 e. The van der Waals surface area contributed by atoms with Gasteiger partial charge in [0.05, 0.1) is 16.4 Å². The Morgan fingerprint density at radius 2 is 1.67 bits per heavy atom. The van der Waals surface area contributed by atoms with Gasteiger partial charge in [0.2, 0.25) is 10.0 Å². The van der Waals surface area contributed by atoms with E-state index < -0.39 is 25.9 Å². The third kappa shape index (κ3) is 3.00. The Balaban J connectivity index is 1.95. The molecule has 0 aromatic heterocycles. The molecule has 3 rings (SSSR count). The van der Waals surface area contributed by atoms with Gasteiger partial charge < -0.3 is 0 Å². The first kappa shape index (κ1) is 15.0. The van der Waals surface area contributed by atoms with Crippen LogP contribution in [0.2, 0.25) is 0 Å². The van der Waals surface area contributed by atoms with Crippen LogP contribution in [0.1, 0.15) is 24.8 Å². The van der Waals surface area contributed by atoms with Crippen molar-refractivity contribution in [3.63, 3.8) is 0 Å². The van der Waals surface area contributed by atoms with Gasteiger partial charge in [-0.25, -0.2) is 16.8 Å². The zero-order chi connectivity index (χ0) is 15.3. The summed E-state index contributed by atoms with van der Waals surface area (Å²) < 4.78 is 50.5. The standard InChI is InChI=1S/C14H19NO4S2/c1-11-2-6-14(7-3-11)21(18,19)15(12-4-5-12)13-8-9-20(16,17)10-13/h2-3,6-7,12-13H,4-5,8-10H2,1H3/t13-/m0/s1. The van der Waals surface area contributed by atoms with Crippen molar-refractivity contribution in [2.45, 2.75) is 43.2 Å². The molecule has 1 aliphatic heterocycles. The predicted molar refractivity (Wildman–Crippen MR) is 80.3 cm³/mol. The summed E-state index contributed by atoms with van der Waals surface area (Å²) in [6.07, 6.45) is 2.05. The molecule has 7 heteroatoms. The van der Waals surface area contributed by atoms with Gasteiger partial charge in [0, 0.05) is 12.1 Å². The summed E-state index contributed by atoms with van der Waals surface area (Å²) in [7, 11) is -6.72. The average Bonchev–Trinajstić information content (AvgIpc) is 3.14. The van der Waals surface area contributed by atoms with Crippen molar-refractivity contribution < 1.29 is 16.8 Å². The second-order valence-electron chi connectivity index (χ2n) is 5.94. The van der Waals surface area contributed by atoms with Gasteiger partial charge in [-0.1, -0.05) is 17.7 Å². The van der Waals surface area contributed by atoms with E-state index in [0.717, 1.165) is 18.4 Å². The summed E-state index contributed by atoms with van der Waals surface area (Å²) in [4.78, 5) is 0.254. The first-order valence-electron chi connectivity index (χ1n) is 7.10. The number of rotatable bonds is 4. The summed E-state index contributed by atoms with van der Waals surface area (Å²) in [6.45, 7) is 1.90. The Labute approximate surface area is 125 Å². The maximum atomic E-state index is 12.9. The number of nitrogens with zero attached hydrogens (tertiary/aromatic N) is 1. The normalized spacial score (nSPS) is 25.3. The van der Waals surface area contributed by atoms with E-state index in [1.54, 1.807) is 24.3 Å². The molecule has 1 saturated heterocycles. The highest BCUT2D eigenvalue weighted by atomic mass is 32.2. The zero-order valence-corrected chi connectivity index (χ0v) is 13.5. The fourth-order valence-corrected chi connectivity index (χ4v) is 6.53. The highest BCUT2D eigenvalue weighted by molar-refractivity contribution is 7.92. The van der Waals surface area contributed by atoms with E-state index in [4.69, 9.17) is 0 Å². The zero-order valence-electron chi connectivity index (χ0n) is 11.9. The molecular formula is C14H19NO4S2. The van der Waals surface area contributed by atoms with Crippen LogP contribution >= 0.6 is 0 Å². The molecule has 0 unspecified atom stereocenters. The first-order valence-corrected chi connectivity index (χ1v) is 10.4. The maximum Gasteiger partial charge on any atom is 0.243 e. The van der Waals surface area contributed by atoms with Crippen LogP contribution in [0.4, 0.5) is 0 Å². The van der Waals surface area contributed by atoms with Crippen LogP contribution < -0.4 is 0 Å². The van der Waals surface area contributed by atoms with Crippen LogP contribution in [0.5, 0.6) is 0 Å². The molecule has 116 valence electrons. The molecule has 1 saturated carbocycles. The fraction of sp³-hybridized carbons (Fsp3) is 0.571. The minimum absolute atomic E-state index is 0.0328. The highest BCUT2D eigenvalue weighted by Gasteiger charge is 2.46. The number of hydrogen-bond acceptors (Lipinski definition) is 4. The molecule has 21 heavy (non-hydrogen) atoms. The van der Waals surface area contributed by atoms with Gasteiger partial charge in [0.15, 0.2) is 9.84 Å². The topological polar surface area (TPSA) is 71.5 Å². The lowest BCUT2D eigenvalue weighted by molar-refractivity contribution is 0.332. The van der Waals surface area contributed by atoms with Gasteiger partial charge in [0.1, 0.15) is 0 Å². The molecule has 1 atom stereocenters. The Kier molecular flexibility index (Phi) is 3.62. The summed E-state index contributed by atoms with van der Waals surface area (Å²) in [5.41, 5.74) is 0.996. The molecule has 2 fully saturated rings. The van der Waals surface area contributed by atoms with Crippen molar-refractivity contribution in [2.75, 3.05) is 11.5 Å². The molecule has 0 spiro atoms. The minimum Gasteiger partial charge on any atom is -0.229 e. The van der Waals surface area contributed by atoms with Gasteiger partial charge >= 0.3 is 0 Å². The number of hydrogen-bond donors (Lipinski definition) is 0. The van der Waals surface area contributed by atoms with E-state index >= 15 is 0 Å². The molecule has 1 aliphatic carbocycles. The van der Waals surface area contributed by atoms with E-state index in [1.165, 1.54) is 4.31 Å². The minimum atomic E-state index is -3.62. The SMILES string of the molecule is Cc1ccc(S(=O)(=O)N(C2CC2)[C@H]2CCS(=O)(=O)C2)cc1. The molecule has 0 bridgehead atoms. The molecule has 0 N–H and O–H groups in total. The molecule has 1 aromatic carbocycles. The van der Waals surface area contributed by atoms with Gasteiger partial charge in [-0.2, -0.15) is 4.31 Å². The molecule has 0 radical (unpaired) electrons. The Bertz CT molecular complexity index is 734. The van der Waals surface area contributed by atoms with Crippen molar-refractivity contribution in [3.8, 4) is 0 Å². The lowest BCUT2D eigenvalue weighted by atomic mass is 10.2. The Morgan fingerprint density at radius 1 is 1.05 bits per heavy atom. The first-order chi connectivity index (χ1) is 9.79. The number of sulfonamides is 1. The number of sulfone groups is 1. The molecule has 2 aliphatic rings. The molecule has 5 nitrogen and oxygen atoms in total. The Hall–Kier alpha value is -0.920. The molecule has 1 aromatic rings. The lowest BCUT2D eigenvalue weighted by Crippen LogP contribution is -2.42. The van der Waals surface area contributed by atoms with Crippen LogP contribution in [0.25, 0.3) is 0 Å². The summed E-state index contributed by atoms with van der Waals surface area (Å²) in [5.74, 6) is 0.0406. The van der Waals surface area contributed by atoms with Crippen LogP contribution in [-0.4, -0.2) is 44.7 Å². The second kappa shape index (κ2) is 5.07. The van der Waals surface area contributed by atoms with Gasteiger partial charge in [-0.15, -0.1) is 0 Å². The van der Waals surface area contributed by atoms with Crippen molar-refractivity contribution in [1.29, 1.82) is 0 Å². The summed E-state index contributed by atoms with van der Waals surface area (Å²) in [6, 6.07) is 6.29. The maximum absolute atomic E-state index is 12.9. The number of aryl methyl sites for hydroxylation is 1. The van der Waals surface area contributed by atoms with Crippen LogP contribution in [0.3, 0.4) is 0 Å². The van der Waals surface area contributed by atoms with Gasteiger partial charge in [0.25, 0.3) is 0 Å². The lowest BCUT2D eigenvalue weighted by Gasteiger charge is -2.27. The fourth-order valence-electron chi connectivity index (χ4n) is 2.83. The average molecular weight is 329 g/mol. The number of benzene rings is 1. The van der Waals surface area contributed by atoms with Crippen LogP contribution in [0.15, 0.2) is 29.2 Å². The Morgan fingerprint density at radius 3 is 2.14 bits per heavy atom. The monoisotopic (exact) mass is 329 g/mol. The quantitative estimate of drug-likeness (QED) is 0.835. The van der Waals surface area contributed by atoms with E-state index in [0.29, 0.717) is 6.42 Å². The van der Waals surface area contributed by atoms with Crippen LogP contribution in [0, 0.1) is 6.92 Å². The van der Waals surface area contributed by atoms with Crippen molar-refractivity contribution in [3.05, 3.63) is 29.8 Å². The van der Waals surface area contributed by atoms with E-state index in [2.05, 4.69) is 0 Å². The second-order valence-corrected chi connectivity index (χ2v) is 10.0. The molecule has 0 amide bonds. The molecule has 1 heterocycles. The van der Waals surface area contributed by atoms with Gasteiger partial charge in [-0.05, 0) is 38.3 Å². The summed E-state index contributed by atoms with van der Waals surface area (Å²) >= 11 is 0.